The van der Waals surface area contributed by atoms with Gasteiger partial charge in [0.05, 0.1) is 5.75 Å². The van der Waals surface area contributed by atoms with Crippen LogP contribution < -0.4 is 0 Å². The van der Waals surface area contributed by atoms with E-state index in [-0.39, 0.29) is 16.6 Å². The first-order chi connectivity index (χ1) is 10.3. The van der Waals surface area contributed by atoms with Crippen LogP contribution >= 0.6 is 0 Å². The molecule has 0 fully saturated rings. The highest BCUT2D eigenvalue weighted by Gasteiger charge is 2.28. The SMILES string of the molecule is CC(C)(C)c1cc(CC2=CCCS2(=O)=O)cc(C(C)(C)C)c1O. The van der Waals surface area contributed by atoms with Crippen molar-refractivity contribution >= 4 is 9.84 Å². The molecule has 1 N–H and O–H groups in total. The molecule has 0 unspecified atom stereocenters. The number of sulfone groups is 1. The Kier molecular flexibility index (Phi) is 4.44. The number of rotatable bonds is 2. The van der Waals surface area contributed by atoms with Crippen LogP contribution in [0.4, 0.5) is 0 Å². The number of hydrogen-bond acceptors (Lipinski definition) is 3. The van der Waals surface area contributed by atoms with Gasteiger partial charge in [0, 0.05) is 11.3 Å². The number of phenols is 1. The molecule has 0 radical (unpaired) electrons. The summed E-state index contributed by atoms with van der Waals surface area (Å²) in [5, 5.41) is 10.7. The van der Waals surface area contributed by atoms with Gasteiger partial charge in [-0.1, -0.05) is 59.8 Å². The lowest BCUT2D eigenvalue weighted by atomic mass is 9.78. The summed E-state index contributed by atoms with van der Waals surface area (Å²) in [6.07, 6.45) is 2.85. The number of aromatic hydroxyl groups is 1. The van der Waals surface area contributed by atoms with Crippen LogP contribution in [0, 0.1) is 0 Å². The highest BCUT2D eigenvalue weighted by Crippen LogP contribution is 2.40. The van der Waals surface area contributed by atoms with Crippen LogP contribution in [0.2, 0.25) is 0 Å². The van der Waals surface area contributed by atoms with E-state index in [2.05, 4.69) is 41.5 Å². The predicted molar refractivity (Wildman–Crippen MR) is 95.7 cm³/mol. The molecule has 0 saturated carbocycles. The average molecular weight is 336 g/mol. The highest BCUT2D eigenvalue weighted by molar-refractivity contribution is 7.95. The second kappa shape index (κ2) is 5.66. The molecule has 0 atom stereocenters. The Bertz CT molecular complexity index is 707. The molecule has 0 spiro atoms. The molecule has 23 heavy (non-hydrogen) atoms. The lowest BCUT2D eigenvalue weighted by Gasteiger charge is -2.28. The number of phenolic OH excluding ortho intramolecular Hbond substituents is 1. The molecule has 0 aromatic heterocycles. The molecule has 0 bridgehead atoms. The van der Waals surface area contributed by atoms with E-state index >= 15 is 0 Å². The number of benzene rings is 1. The van der Waals surface area contributed by atoms with Crippen molar-refractivity contribution < 1.29 is 13.5 Å². The lowest BCUT2D eigenvalue weighted by Crippen LogP contribution is -2.18. The monoisotopic (exact) mass is 336 g/mol. The zero-order chi connectivity index (χ0) is 17.6. The first kappa shape index (κ1) is 18.1. The van der Waals surface area contributed by atoms with Gasteiger partial charge in [-0.3, -0.25) is 0 Å². The fraction of sp³-hybridized carbons (Fsp3) is 0.579. The quantitative estimate of drug-likeness (QED) is 0.879. The van der Waals surface area contributed by atoms with Crippen LogP contribution in [-0.4, -0.2) is 19.3 Å². The van der Waals surface area contributed by atoms with Gasteiger partial charge < -0.3 is 5.11 Å². The molecular weight excluding hydrogens is 308 g/mol. The van der Waals surface area contributed by atoms with Crippen molar-refractivity contribution in [2.24, 2.45) is 0 Å². The van der Waals surface area contributed by atoms with Crippen molar-refractivity contribution in [2.45, 2.75) is 65.2 Å². The van der Waals surface area contributed by atoms with Gasteiger partial charge in [0.1, 0.15) is 5.75 Å². The molecule has 1 aromatic carbocycles. The van der Waals surface area contributed by atoms with E-state index in [1.54, 1.807) is 0 Å². The minimum atomic E-state index is -3.09. The average Bonchev–Trinajstić information content (AvgIpc) is 2.68. The van der Waals surface area contributed by atoms with E-state index in [4.69, 9.17) is 0 Å². The normalized spacial score (nSPS) is 18.1. The van der Waals surface area contributed by atoms with Gasteiger partial charge in [-0.25, -0.2) is 8.42 Å². The summed E-state index contributed by atoms with van der Waals surface area (Å²) in [6.45, 7) is 12.4. The van der Waals surface area contributed by atoms with Crippen LogP contribution in [0.1, 0.15) is 64.7 Å². The lowest BCUT2D eigenvalue weighted by molar-refractivity contribution is 0.423. The third kappa shape index (κ3) is 3.79. The van der Waals surface area contributed by atoms with Crippen molar-refractivity contribution in [3.05, 3.63) is 39.8 Å². The van der Waals surface area contributed by atoms with E-state index in [9.17, 15) is 13.5 Å². The molecule has 0 aliphatic carbocycles. The van der Waals surface area contributed by atoms with Crippen LogP contribution in [-0.2, 0) is 27.1 Å². The minimum absolute atomic E-state index is 0.205. The van der Waals surface area contributed by atoms with Crippen molar-refractivity contribution in [3.63, 3.8) is 0 Å². The fourth-order valence-corrected chi connectivity index (χ4v) is 4.40. The van der Waals surface area contributed by atoms with Crippen LogP contribution in [0.5, 0.6) is 5.75 Å². The van der Waals surface area contributed by atoms with E-state index in [1.165, 1.54) is 0 Å². The maximum Gasteiger partial charge on any atom is 0.174 e. The summed E-state index contributed by atoms with van der Waals surface area (Å²) in [5.41, 5.74) is 2.28. The Morgan fingerprint density at radius 2 is 1.48 bits per heavy atom. The predicted octanol–water partition coefficient (Wildman–Crippen LogP) is 4.23. The van der Waals surface area contributed by atoms with Gasteiger partial charge in [0.25, 0.3) is 0 Å². The molecule has 1 aromatic rings. The molecule has 128 valence electrons. The second-order valence-corrected chi connectivity index (χ2v) is 10.7. The first-order valence-corrected chi connectivity index (χ1v) is 9.76. The Morgan fingerprint density at radius 3 is 1.83 bits per heavy atom. The molecular formula is C19H28O3S. The summed E-state index contributed by atoms with van der Waals surface area (Å²) in [4.78, 5) is 0.517. The largest absolute Gasteiger partial charge is 0.507 e. The van der Waals surface area contributed by atoms with Crippen LogP contribution in [0.3, 0.4) is 0 Å². The van der Waals surface area contributed by atoms with Gasteiger partial charge in [0.15, 0.2) is 9.84 Å². The Balaban J connectivity index is 2.57. The van der Waals surface area contributed by atoms with E-state index < -0.39 is 9.84 Å². The van der Waals surface area contributed by atoms with Gasteiger partial charge in [-0.05, 0) is 33.9 Å². The third-order valence-corrected chi connectivity index (χ3v) is 6.21. The van der Waals surface area contributed by atoms with Crippen molar-refractivity contribution in [1.29, 1.82) is 0 Å². The molecule has 1 aliphatic heterocycles. The zero-order valence-electron chi connectivity index (χ0n) is 15.0. The van der Waals surface area contributed by atoms with Gasteiger partial charge in [0.2, 0.25) is 0 Å². The molecule has 4 heteroatoms. The van der Waals surface area contributed by atoms with Gasteiger partial charge in [-0.15, -0.1) is 0 Å². The Hall–Kier alpha value is -1.29. The molecule has 1 heterocycles. The molecule has 2 rings (SSSR count). The molecule has 0 saturated heterocycles. The second-order valence-electron chi connectivity index (χ2n) is 8.49. The van der Waals surface area contributed by atoms with Crippen molar-refractivity contribution in [3.8, 4) is 5.75 Å². The number of hydrogen-bond donors (Lipinski definition) is 1. The highest BCUT2D eigenvalue weighted by atomic mass is 32.2. The zero-order valence-corrected chi connectivity index (χ0v) is 15.8. The third-order valence-electron chi connectivity index (χ3n) is 4.32. The van der Waals surface area contributed by atoms with Gasteiger partial charge in [-0.2, -0.15) is 0 Å². The molecule has 3 nitrogen and oxygen atoms in total. The van der Waals surface area contributed by atoms with Crippen LogP contribution in [0.25, 0.3) is 0 Å². The van der Waals surface area contributed by atoms with E-state index in [1.807, 2.05) is 18.2 Å². The minimum Gasteiger partial charge on any atom is -0.507 e. The summed E-state index contributed by atoms with van der Waals surface area (Å²) in [6, 6.07) is 3.92. The maximum atomic E-state index is 12.1. The topological polar surface area (TPSA) is 54.4 Å². The van der Waals surface area contributed by atoms with E-state index in [0.29, 0.717) is 23.5 Å². The summed E-state index contributed by atoms with van der Waals surface area (Å²) in [7, 11) is -3.09. The van der Waals surface area contributed by atoms with Gasteiger partial charge >= 0.3 is 0 Å². The smallest absolute Gasteiger partial charge is 0.174 e. The molecule has 1 aliphatic rings. The maximum absolute atomic E-state index is 12.1. The summed E-state index contributed by atoms with van der Waals surface area (Å²) >= 11 is 0. The fourth-order valence-electron chi connectivity index (χ4n) is 2.96. The van der Waals surface area contributed by atoms with Crippen molar-refractivity contribution in [2.75, 3.05) is 5.75 Å². The Labute approximate surface area is 140 Å². The summed E-state index contributed by atoms with van der Waals surface area (Å²) < 4.78 is 24.2. The first-order valence-electron chi connectivity index (χ1n) is 8.11. The molecule has 0 amide bonds. The van der Waals surface area contributed by atoms with Crippen LogP contribution in [0.15, 0.2) is 23.1 Å². The Morgan fingerprint density at radius 1 is 1.00 bits per heavy atom. The summed E-state index contributed by atoms with van der Waals surface area (Å²) in [5.74, 6) is 0.551. The standard InChI is InChI=1S/C19H28O3S/c1-18(2,3)15-11-13(10-14-8-7-9-23(14,21)22)12-16(17(15)20)19(4,5)6/h8,11-12,20H,7,9-10H2,1-6H3. The van der Waals surface area contributed by atoms with E-state index in [0.717, 1.165) is 16.7 Å². The van der Waals surface area contributed by atoms with Crippen molar-refractivity contribution in [1.82, 2.24) is 0 Å². The number of allylic oxidation sites excluding steroid dienone is 2.